The van der Waals surface area contributed by atoms with Crippen LogP contribution >= 0.6 is 27.7 Å². The van der Waals surface area contributed by atoms with Gasteiger partial charge in [0.25, 0.3) is 11.6 Å². The molecule has 5 nitrogen and oxygen atoms in total. The van der Waals surface area contributed by atoms with Crippen LogP contribution in [0.3, 0.4) is 0 Å². The summed E-state index contributed by atoms with van der Waals surface area (Å²) in [6.45, 7) is 3.46. The van der Waals surface area contributed by atoms with E-state index >= 15 is 0 Å². The Labute approximate surface area is 123 Å². The minimum atomic E-state index is -0.491. The Morgan fingerprint density at radius 1 is 1.58 bits per heavy atom. The van der Waals surface area contributed by atoms with Gasteiger partial charge in [-0.25, -0.2) is 0 Å². The van der Waals surface area contributed by atoms with Gasteiger partial charge in [0.05, 0.1) is 9.40 Å². The molecule has 1 amide bonds. The van der Waals surface area contributed by atoms with Crippen LogP contribution in [-0.4, -0.2) is 39.8 Å². The minimum Gasteiger partial charge on any atom is -0.337 e. The summed E-state index contributed by atoms with van der Waals surface area (Å²) >= 11 is 4.95. The highest BCUT2D eigenvalue weighted by molar-refractivity contribution is 9.10. The van der Waals surface area contributed by atoms with E-state index in [0.29, 0.717) is 28.4 Å². The Morgan fingerprint density at radius 2 is 2.32 bits per heavy atom. The number of carbonyl (C=O) groups excluding carboxylic acids is 1. The lowest BCUT2D eigenvalue weighted by molar-refractivity contribution is -0.385. The van der Waals surface area contributed by atoms with Crippen LogP contribution in [0.15, 0.2) is 22.7 Å². The van der Waals surface area contributed by atoms with E-state index in [9.17, 15) is 14.9 Å². The fourth-order valence-electron chi connectivity index (χ4n) is 1.97. The van der Waals surface area contributed by atoms with Crippen molar-refractivity contribution in [1.29, 1.82) is 0 Å². The van der Waals surface area contributed by atoms with Crippen LogP contribution < -0.4 is 0 Å². The van der Waals surface area contributed by atoms with E-state index in [1.807, 2.05) is 11.8 Å². The van der Waals surface area contributed by atoms with E-state index in [4.69, 9.17) is 0 Å². The predicted molar refractivity (Wildman–Crippen MR) is 78.6 cm³/mol. The van der Waals surface area contributed by atoms with E-state index in [1.165, 1.54) is 6.07 Å². The van der Waals surface area contributed by atoms with Crippen molar-refractivity contribution in [1.82, 2.24) is 4.90 Å². The van der Waals surface area contributed by atoms with E-state index in [0.717, 1.165) is 5.75 Å². The molecule has 1 aliphatic rings. The summed E-state index contributed by atoms with van der Waals surface area (Å²) in [7, 11) is 0. The zero-order chi connectivity index (χ0) is 14.0. The molecule has 102 valence electrons. The summed E-state index contributed by atoms with van der Waals surface area (Å²) in [5.41, 5.74) is 0.291. The fraction of sp³-hybridized carbons (Fsp3) is 0.417. The number of hydrogen-bond donors (Lipinski definition) is 0. The number of nitro benzene ring substituents is 1. The van der Waals surface area contributed by atoms with Crippen molar-refractivity contribution in [2.45, 2.75) is 12.2 Å². The Hall–Kier alpha value is -1.08. The molecule has 1 aromatic carbocycles. The molecule has 0 spiro atoms. The number of halogens is 1. The maximum absolute atomic E-state index is 12.3. The van der Waals surface area contributed by atoms with Gasteiger partial charge in [0, 0.05) is 35.7 Å². The second-order valence-corrected chi connectivity index (χ2v) is 6.76. The number of rotatable bonds is 2. The summed E-state index contributed by atoms with van der Waals surface area (Å²) in [5.74, 6) is 0.772. The number of hydrogen-bond acceptors (Lipinski definition) is 4. The maximum Gasteiger partial charge on any atom is 0.284 e. The normalized spacial score (nSPS) is 19.3. The highest BCUT2D eigenvalue weighted by Crippen LogP contribution is 2.27. The van der Waals surface area contributed by atoms with Crippen molar-refractivity contribution >= 4 is 39.3 Å². The zero-order valence-corrected chi connectivity index (χ0v) is 12.7. The smallest absolute Gasteiger partial charge is 0.284 e. The molecule has 7 heteroatoms. The zero-order valence-electron chi connectivity index (χ0n) is 10.3. The van der Waals surface area contributed by atoms with Crippen molar-refractivity contribution in [3.05, 3.63) is 38.3 Å². The second kappa shape index (κ2) is 5.92. The molecular weight excluding hydrogens is 332 g/mol. The van der Waals surface area contributed by atoms with Crippen LogP contribution in [0.2, 0.25) is 0 Å². The number of amides is 1. The summed E-state index contributed by atoms with van der Waals surface area (Å²) in [6.07, 6.45) is 0. The van der Waals surface area contributed by atoms with Crippen LogP contribution in [0.4, 0.5) is 5.69 Å². The highest BCUT2D eigenvalue weighted by atomic mass is 79.9. The first-order valence-electron chi connectivity index (χ1n) is 5.84. The molecule has 0 bridgehead atoms. The second-order valence-electron chi connectivity index (χ2n) is 4.36. The van der Waals surface area contributed by atoms with Gasteiger partial charge in [0.15, 0.2) is 0 Å². The number of carbonyl (C=O) groups is 1. The number of benzene rings is 1. The van der Waals surface area contributed by atoms with Crippen LogP contribution in [-0.2, 0) is 0 Å². The molecule has 1 fully saturated rings. The van der Waals surface area contributed by atoms with Crippen molar-refractivity contribution in [3.8, 4) is 0 Å². The topological polar surface area (TPSA) is 63.5 Å². The van der Waals surface area contributed by atoms with Crippen molar-refractivity contribution < 1.29 is 9.72 Å². The van der Waals surface area contributed by atoms with Crippen LogP contribution in [0.25, 0.3) is 0 Å². The van der Waals surface area contributed by atoms with Crippen molar-refractivity contribution in [3.63, 3.8) is 0 Å². The quantitative estimate of drug-likeness (QED) is 0.611. The molecule has 1 saturated heterocycles. The first kappa shape index (κ1) is 14.3. The van der Waals surface area contributed by atoms with Gasteiger partial charge in [0.1, 0.15) is 0 Å². The maximum atomic E-state index is 12.3. The summed E-state index contributed by atoms with van der Waals surface area (Å²) in [5, 5.41) is 11.3. The molecule has 1 heterocycles. The standard InChI is InChI=1S/C12H13BrN2O3S/c1-8-7-14(4-5-19-8)12(16)9-2-3-10(13)11(6-9)15(17)18/h2-3,6,8H,4-5,7H2,1H3. The van der Waals surface area contributed by atoms with Crippen LogP contribution in [0.5, 0.6) is 0 Å². The molecule has 0 radical (unpaired) electrons. The average Bonchev–Trinajstić information content (AvgIpc) is 2.38. The number of nitrogens with zero attached hydrogens (tertiary/aromatic N) is 2. The van der Waals surface area contributed by atoms with E-state index in [2.05, 4.69) is 22.9 Å². The Kier molecular flexibility index (Phi) is 4.46. The van der Waals surface area contributed by atoms with E-state index < -0.39 is 4.92 Å². The molecule has 2 rings (SSSR count). The first-order valence-corrected chi connectivity index (χ1v) is 7.68. The number of nitro groups is 1. The summed E-state index contributed by atoms with van der Waals surface area (Å²) < 4.78 is 0.386. The van der Waals surface area contributed by atoms with Crippen LogP contribution in [0, 0.1) is 10.1 Å². The van der Waals surface area contributed by atoms with Gasteiger partial charge in [-0.1, -0.05) is 6.92 Å². The van der Waals surface area contributed by atoms with Crippen molar-refractivity contribution in [2.24, 2.45) is 0 Å². The van der Waals surface area contributed by atoms with Gasteiger partial charge in [-0.3, -0.25) is 14.9 Å². The Morgan fingerprint density at radius 3 is 2.95 bits per heavy atom. The van der Waals surface area contributed by atoms with Gasteiger partial charge in [-0.05, 0) is 28.1 Å². The van der Waals surface area contributed by atoms with E-state index in [1.54, 1.807) is 17.0 Å². The SMILES string of the molecule is CC1CN(C(=O)c2ccc(Br)c([N+](=O)[O-])c2)CCS1. The van der Waals surface area contributed by atoms with Gasteiger partial charge in [-0.2, -0.15) is 11.8 Å². The number of thioether (sulfide) groups is 1. The minimum absolute atomic E-state index is 0.0784. The molecular formula is C12H13BrN2O3S. The first-order chi connectivity index (χ1) is 8.99. The van der Waals surface area contributed by atoms with E-state index in [-0.39, 0.29) is 11.6 Å². The molecule has 1 aliphatic heterocycles. The third-order valence-corrected chi connectivity index (χ3v) is 4.73. The van der Waals surface area contributed by atoms with Gasteiger partial charge in [0.2, 0.25) is 0 Å². The van der Waals surface area contributed by atoms with Gasteiger partial charge < -0.3 is 4.90 Å². The largest absolute Gasteiger partial charge is 0.337 e. The summed E-state index contributed by atoms with van der Waals surface area (Å²) in [6, 6.07) is 4.50. The van der Waals surface area contributed by atoms with Crippen molar-refractivity contribution in [2.75, 3.05) is 18.8 Å². The van der Waals surface area contributed by atoms with Gasteiger partial charge >= 0.3 is 0 Å². The third kappa shape index (κ3) is 3.27. The van der Waals surface area contributed by atoms with Gasteiger partial charge in [-0.15, -0.1) is 0 Å². The average molecular weight is 345 g/mol. The molecule has 0 aliphatic carbocycles. The monoisotopic (exact) mass is 344 g/mol. The predicted octanol–water partition coefficient (Wildman–Crippen LogP) is 2.93. The Bertz CT molecular complexity index is 524. The molecule has 1 aromatic rings. The molecule has 0 N–H and O–H groups in total. The molecule has 19 heavy (non-hydrogen) atoms. The molecule has 0 aromatic heterocycles. The summed E-state index contributed by atoms with van der Waals surface area (Å²) in [4.78, 5) is 24.4. The highest BCUT2D eigenvalue weighted by Gasteiger charge is 2.24. The molecule has 1 unspecified atom stereocenters. The lowest BCUT2D eigenvalue weighted by atomic mass is 10.1. The lowest BCUT2D eigenvalue weighted by Gasteiger charge is -2.30. The molecule has 1 atom stereocenters. The molecule has 0 saturated carbocycles. The third-order valence-electron chi connectivity index (χ3n) is 2.92. The fourth-order valence-corrected chi connectivity index (χ4v) is 3.38. The Balaban J connectivity index is 2.24. The lowest BCUT2D eigenvalue weighted by Crippen LogP contribution is -2.41. The van der Waals surface area contributed by atoms with Crippen LogP contribution in [0.1, 0.15) is 17.3 Å².